The monoisotopic (exact) mass is 769 g/mol. The van der Waals surface area contributed by atoms with Gasteiger partial charge in [0.05, 0.1) is 12.4 Å². The van der Waals surface area contributed by atoms with E-state index < -0.39 is 71.7 Å². The number of carbonyl (C=O) groups excluding carboxylic acids is 6. The summed E-state index contributed by atoms with van der Waals surface area (Å²) in [6.45, 7) is 2.05. The van der Waals surface area contributed by atoms with Crippen LogP contribution in [0.25, 0.3) is 10.9 Å². The van der Waals surface area contributed by atoms with Gasteiger partial charge in [0.1, 0.15) is 30.2 Å². The molecule has 0 radical (unpaired) electrons. The van der Waals surface area contributed by atoms with Gasteiger partial charge in [-0.15, -0.1) is 0 Å². The van der Waals surface area contributed by atoms with Gasteiger partial charge < -0.3 is 53.3 Å². The molecule has 298 valence electrons. The Kier molecular flexibility index (Phi) is 14.3. The summed E-state index contributed by atoms with van der Waals surface area (Å²) in [6, 6.07) is 10.5. The minimum atomic E-state index is -1.11. The first-order valence-electron chi connectivity index (χ1n) is 18.8. The van der Waals surface area contributed by atoms with Crippen LogP contribution >= 0.6 is 0 Å². The number of H-pyrrole nitrogens is 2. The summed E-state index contributed by atoms with van der Waals surface area (Å²) in [5.41, 5.74) is 20.4. The SMILES string of the molecule is C[C@@H](NC(=O)[C@H](Cc1c[nH]c2ccccc12)NC(=O)[C@@H](N)Cc1cnc[nH]1)C(=O)N[C@H]1CCN([C@H](Cc2ccccc2)C(=O)N[C@@H](CCCCN)C(N)=O)C1=O. The van der Waals surface area contributed by atoms with Crippen molar-refractivity contribution in [2.75, 3.05) is 13.1 Å². The van der Waals surface area contributed by atoms with Crippen molar-refractivity contribution in [2.24, 2.45) is 17.2 Å². The Morgan fingerprint density at radius 2 is 1.61 bits per heavy atom. The molecular weight excluding hydrogens is 718 g/mol. The quantitative estimate of drug-likeness (QED) is 0.0520. The van der Waals surface area contributed by atoms with Gasteiger partial charge in [-0.2, -0.15) is 0 Å². The maximum atomic E-state index is 13.8. The lowest BCUT2D eigenvalue weighted by molar-refractivity contribution is -0.140. The van der Waals surface area contributed by atoms with Gasteiger partial charge in [0.2, 0.25) is 35.4 Å². The van der Waals surface area contributed by atoms with E-state index in [9.17, 15) is 28.8 Å². The molecule has 12 N–H and O–H groups in total. The number of para-hydroxylation sites is 1. The van der Waals surface area contributed by atoms with Gasteiger partial charge in [-0.25, -0.2) is 4.98 Å². The van der Waals surface area contributed by atoms with Crippen LogP contribution in [0.1, 0.15) is 49.4 Å². The lowest BCUT2D eigenvalue weighted by Crippen LogP contribution is -2.57. The molecule has 0 aliphatic carbocycles. The molecule has 1 fully saturated rings. The Morgan fingerprint density at radius 1 is 0.875 bits per heavy atom. The molecule has 4 aromatic rings. The number of aromatic nitrogens is 3. The van der Waals surface area contributed by atoms with Crippen molar-refractivity contribution < 1.29 is 28.8 Å². The molecule has 0 spiro atoms. The Hall–Kier alpha value is -6.07. The molecule has 6 atom stereocenters. The standard InChI is InChI=1S/C39H51N11O6/c1-23(46-37(54)32(18-25-20-44-29-12-6-5-11-27(25)29)49-36(53)28(41)19-26-21-43-22-45-26)35(52)48-31-14-16-50(39(31)56)33(17-24-9-3-2-4-10-24)38(55)47-30(34(42)51)13-7-8-15-40/h2-6,9-12,20-23,28,30-33,44H,7-8,13-19,40-41H2,1H3,(H2,42,51)(H,43,45)(H,46,54)(H,47,55)(H,48,52)(H,49,53)/t23-,28+,30+,31+,32+,33-/m1/s1. The normalized spacial score (nSPS) is 16.7. The number of unbranched alkanes of at least 4 members (excludes halogenated alkanes) is 1. The molecule has 2 aromatic carbocycles. The highest BCUT2D eigenvalue weighted by Gasteiger charge is 2.41. The summed E-state index contributed by atoms with van der Waals surface area (Å²) in [7, 11) is 0. The summed E-state index contributed by atoms with van der Waals surface area (Å²) in [4.78, 5) is 91.7. The number of hydrogen-bond donors (Lipinski definition) is 9. The zero-order valence-corrected chi connectivity index (χ0v) is 31.3. The highest BCUT2D eigenvalue weighted by Crippen LogP contribution is 2.21. The second-order valence-electron chi connectivity index (χ2n) is 14.1. The van der Waals surface area contributed by atoms with Gasteiger partial charge in [-0.05, 0) is 56.3 Å². The molecule has 3 heterocycles. The highest BCUT2D eigenvalue weighted by atomic mass is 16.2. The van der Waals surface area contributed by atoms with Crippen LogP contribution in [0.4, 0.5) is 0 Å². The van der Waals surface area contributed by atoms with E-state index in [0.29, 0.717) is 31.5 Å². The number of fused-ring (bicyclic) bond motifs is 1. The van der Waals surface area contributed by atoms with E-state index in [1.807, 2.05) is 54.6 Å². The molecule has 0 bridgehead atoms. The van der Waals surface area contributed by atoms with Gasteiger partial charge in [0, 0.05) is 54.8 Å². The Balaban J connectivity index is 1.25. The molecule has 0 saturated carbocycles. The molecule has 5 rings (SSSR count). The first-order chi connectivity index (χ1) is 26.9. The fourth-order valence-corrected chi connectivity index (χ4v) is 6.78. The highest BCUT2D eigenvalue weighted by molar-refractivity contribution is 5.97. The molecule has 17 nitrogen and oxygen atoms in total. The van der Waals surface area contributed by atoms with Crippen LogP contribution in [0.2, 0.25) is 0 Å². The van der Waals surface area contributed by atoms with E-state index in [-0.39, 0.29) is 32.2 Å². The number of carbonyl (C=O) groups is 6. The third-order valence-electron chi connectivity index (χ3n) is 9.93. The van der Waals surface area contributed by atoms with Crippen molar-refractivity contribution in [3.63, 3.8) is 0 Å². The maximum absolute atomic E-state index is 13.8. The Bertz CT molecular complexity index is 1970. The minimum Gasteiger partial charge on any atom is -0.368 e. The largest absolute Gasteiger partial charge is 0.368 e. The third kappa shape index (κ3) is 10.8. The van der Waals surface area contributed by atoms with Crippen LogP contribution in [0.3, 0.4) is 0 Å². The number of likely N-dealkylation sites (tertiary alicyclic amines) is 1. The number of nitrogens with one attached hydrogen (secondary N) is 6. The number of amides is 6. The molecule has 1 aliphatic rings. The van der Waals surface area contributed by atoms with Crippen molar-refractivity contribution in [3.05, 3.63) is 90.1 Å². The molecule has 56 heavy (non-hydrogen) atoms. The lowest BCUT2D eigenvalue weighted by Gasteiger charge is -2.29. The zero-order valence-electron chi connectivity index (χ0n) is 31.3. The summed E-state index contributed by atoms with van der Waals surface area (Å²) >= 11 is 0. The summed E-state index contributed by atoms with van der Waals surface area (Å²) in [6.07, 6.45) is 6.94. The average molecular weight is 770 g/mol. The van der Waals surface area contributed by atoms with Gasteiger partial charge in [-0.3, -0.25) is 28.8 Å². The number of imidazole rings is 1. The Labute approximate surface area is 324 Å². The second kappa shape index (κ2) is 19.5. The van der Waals surface area contributed by atoms with Crippen LogP contribution in [0, 0.1) is 0 Å². The van der Waals surface area contributed by atoms with Crippen molar-refractivity contribution in [2.45, 2.75) is 88.1 Å². The smallest absolute Gasteiger partial charge is 0.245 e. The van der Waals surface area contributed by atoms with Gasteiger partial charge >= 0.3 is 0 Å². The number of rotatable bonds is 20. The third-order valence-corrected chi connectivity index (χ3v) is 9.93. The lowest BCUT2D eigenvalue weighted by atomic mass is 10.0. The second-order valence-corrected chi connectivity index (χ2v) is 14.1. The number of primary amides is 1. The van der Waals surface area contributed by atoms with E-state index in [1.54, 1.807) is 12.4 Å². The van der Waals surface area contributed by atoms with E-state index in [4.69, 9.17) is 17.2 Å². The van der Waals surface area contributed by atoms with Crippen molar-refractivity contribution >= 4 is 46.3 Å². The fourth-order valence-electron chi connectivity index (χ4n) is 6.78. The molecular formula is C39H51N11O6. The van der Waals surface area contributed by atoms with E-state index in [1.165, 1.54) is 18.2 Å². The zero-order chi connectivity index (χ0) is 40.2. The molecule has 17 heteroatoms. The van der Waals surface area contributed by atoms with Crippen molar-refractivity contribution in [1.82, 2.24) is 41.1 Å². The van der Waals surface area contributed by atoms with Crippen molar-refractivity contribution in [3.8, 4) is 0 Å². The van der Waals surface area contributed by atoms with E-state index in [0.717, 1.165) is 22.0 Å². The van der Waals surface area contributed by atoms with Crippen LogP contribution in [0.5, 0.6) is 0 Å². The summed E-state index contributed by atoms with van der Waals surface area (Å²) in [5.74, 6) is -3.55. The summed E-state index contributed by atoms with van der Waals surface area (Å²) < 4.78 is 0. The molecule has 1 aliphatic heterocycles. The molecule has 6 amide bonds. The topological polar surface area (TPSA) is 276 Å². The van der Waals surface area contributed by atoms with Crippen LogP contribution < -0.4 is 38.5 Å². The van der Waals surface area contributed by atoms with Gasteiger partial charge in [-0.1, -0.05) is 48.5 Å². The first-order valence-corrected chi connectivity index (χ1v) is 18.8. The maximum Gasteiger partial charge on any atom is 0.245 e. The van der Waals surface area contributed by atoms with Gasteiger partial charge in [0.15, 0.2) is 0 Å². The molecule has 0 unspecified atom stereocenters. The van der Waals surface area contributed by atoms with Crippen molar-refractivity contribution in [1.29, 1.82) is 0 Å². The Morgan fingerprint density at radius 3 is 2.32 bits per heavy atom. The fraction of sp³-hybridized carbons (Fsp3) is 0.410. The number of hydrogen-bond acceptors (Lipinski definition) is 9. The predicted octanol–water partition coefficient (Wildman–Crippen LogP) is -0.579. The number of nitrogens with zero attached hydrogens (tertiary/aromatic N) is 2. The molecule has 1 saturated heterocycles. The van der Waals surface area contributed by atoms with E-state index in [2.05, 4.69) is 36.2 Å². The average Bonchev–Trinajstić information content (AvgIpc) is 3.94. The number of benzene rings is 2. The van der Waals surface area contributed by atoms with Gasteiger partial charge in [0.25, 0.3) is 0 Å². The molecule has 2 aromatic heterocycles. The number of aromatic amines is 2. The van der Waals surface area contributed by atoms with E-state index >= 15 is 0 Å². The predicted molar refractivity (Wildman–Crippen MR) is 208 cm³/mol. The summed E-state index contributed by atoms with van der Waals surface area (Å²) in [5, 5.41) is 11.8. The number of nitrogens with two attached hydrogens (primary N) is 3. The van der Waals surface area contributed by atoms with Crippen LogP contribution in [-0.2, 0) is 48.0 Å². The van der Waals surface area contributed by atoms with Crippen LogP contribution in [0.15, 0.2) is 73.3 Å². The first kappa shape index (κ1) is 41.1. The minimum absolute atomic E-state index is 0.0945. The van der Waals surface area contributed by atoms with Crippen LogP contribution in [-0.4, -0.2) is 105 Å².